The van der Waals surface area contributed by atoms with Crippen LogP contribution in [0.4, 0.5) is 0 Å². The van der Waals surface area contributed by atoms with Gasteiger partial charge in [-0.25, -0.2) is 4.72 Å². The summed E-state index contributed by atoms with van der Waals surface area (Å²) in [5, 5.41) is 11.3. The lowest BCUT2D eigenvalue weighted by atomic mass is 10.2. The lowest BCUT2D eigenvalue weighted by molar-refractivity contribution is 0.314. The van der Waals surface area contributed by atoms with Gasteiger partial charge in [0.05, 0.1) is 0 Å². The summed E-state index contributed by atoms with van der Waals surface area (Å²) in [6.45, 7) is 6.77. The summed E-state index contributed by atoms with van der Waals surface area (Å²) < 4.78 is 27.8. The molecule has 0 heterocycles. The van der Waals surface area contributed by atoms with E-state index in [1.165, 1.54) is 4.31 Å². The lowest BCUT2D eigenvalue weighted by Gasteiger charge is -2.23. The predicted molar refractivity (Wildman–Crippen MR) is 71.7 cm³/mol. The molecule has 8 heteroatoms. The highest BCUT2D eigenvalue weighted by Gasteiger charge is 2.22. The van der Waals surface area contributed by atoms with Crippen molar-refractivity contribution in [2.75, 3.05) is 19.6 Å². The van der Waals surface area contributed by atoms with Crippen LogP contribution < -0.4 is 10.5 Å². The van der Waals surface area contributed by atoms with E-state index in [0.29, 0.717) is 13.1 Å². The van der Waals surface area contributed by atoms with Gasteiger partial charge in [-0.15, -0.1) is 0 Å². The molecule has 0 aromatic carbocycles. The highest BCUT2D eigenvalue weighted by atomic mass is 32.2. The Bertz CT molecular complexity index is 354. The molecule has 0 saturated carbocycles. The first-order valence-corrected chi connectivity index (χ1v) is 7.48. The first-order valence-electron chi connectivity index (χ1n) is 6.04. The van der Waals surface area contributed by atoms with Gasteiger partial charge in [-0.3, -0.25) is 0 Å². The summed E-state index contributed by atoms with van der Waals surface area (Å²) in [7, 11) is -3.49. The van der Waals surface area contributed by atoms with E-state index in [2.05, 4.69) is 9.88 Å². The molecule has 0 aliphatic rings. The third-order valence-electron chi connectivity index (χ3n) is 2.19. The zero-order valence-electron chi connectivity index (χ0n) is 11.3. The van der Waals surface area contributed by atoms with Crippen LogP contribution in [0.3, 0.4) is 0 Å². The van der Waals surface area contributed by atoms with Gasteiger partial charge < -0.3 is 10.9 Å². The number of nitrogens with zero attached hydrogens (tertiary/aromatic N) is 2. The average Bonchev–Trinajstić information content (AvgIpc) is 2.30. The Hall–Kier alpha value is -0.860. The molecular formula is C10H24N4O3S. The Kier molecular flexibility index (Phi) is 7.88. The molecule has 0 rings (SSSR count). The van der Waals surface area contributed by atoms with Gasteiger partial charge >= 0.3 is 0 Å². The fraction of sp³-hybridized carbons (Fsp3) is 0.900. The monoisotopic (exact) mass is 280 g/mol. The van der Waals surface area contributed by atoms with E-state index in [0.717, 1.165) is 6.42 Å². The standard InChI is InChI=1S/C10H24N4O3S/c1-4-6-12-18(16,17)14(8-9(2)3)7-5-10(11)13-15/h9,12,15H,4-8H2,1-3H3,(H2,11,13). The summed E-state index contributed by atoms with van der Waals surface area (Å²) >= 11 is 0. The van der Waals surface area contributed by atoms with Gasteiger partial charge in [-0.2, -0.15) is 12.7 Å². The van der Waals surface area contributed by atoms with Crippen molar-refractivity contribution in [3.63, 3.8) is 0 Å². The number of amidine groups is 1. The molecule has 18 heavy (non-hydrogen) atoms. The maximum Gasteiger partial charge on any atom is 0.279 e. The summed E-state index contributed by atoms with van der Waals surface area (Å²) in [6.07, 6.45) is 0.936. The van der Waals surface area contributed by atoms with Crippen LogP contribution in [0.1, 0.15) is 33.6 Å². The Labute approximate surface area is 109 Å². The summed E-state index contributed by atoms with van der Waals surface area (Å²) in [6, 6.07) is 0. The number of nitrogens with two attached hydrogens (primary N) is 1. The maximum absolute atomic E-state index is 12.0. The van der Waals surface area contributed by atoms with Crippen molar-refractivity contribution in [3.8, 4) is 0 Å². The normalized spacial score (nSPS) is 13.5. The van der Waals surface area contributed by atoms with E-state index in [-0.39, 0.29) is 24.7 Å². The highest BCUT2D eigenvalue weighted by Crippen LogP contribution is 2.05. The second kappa shape index (κ2) is 8.28. The summed E-state index contributed by atoms with van der Waals surface area (Å²) in [4.78, 5) is 0. The van der Waals surface area contributed by atoms with Crippen LogP contribution in [0.15, 0.2) is 5.16 Å². The molecule has 7 nitrogen and oxygen atoms in total. The second-order valence-corrected chi connectivity index (χ2v) is 6.25. The molecule has 0 fully saturated rings. The fourth-order valence-corrected chi connectivity index (χ4v) is 2.80. The fourth-order valence-electron chi connectivity index (χ4n) is 1.33. The van der Waals surface area contributed by atoms with Crippen LogP contribution in [0.5, 0.6) is 0 Å². The van der Waals surface area contributed by atoms with Crippen molar-refractivity contribution in [2.45, 2.75) is 33.6 Å². The average molecular weight is 280 g/mol. The molecule has 0 amide bonds. The van der Waals surface area contributed by atoms with Gasteiger partial charge in [0, 0.05) is 26.1 Å². The van der Waals surface area contributed by atoms with E-state index in [1.54, 1.807) is 0 Å². The van der Waals surface area contributed by atoms with Gasteiger partial charge in [0.2, 0.25) is 0 Å². The van der Waals surface area contributed by atoms with E-state index in [4.69, 9.17) is 10.9 Å². The molecule has 0 bridgehead atoms. The Balaban J connectivity index is 4.66. The molecule has 0 radical (unpaired) electrons. The lowest BCUT2D eigenvalue weighted by Crippen LogP contribution is -2.44. The van der Waals surface area contributed by atoms with Crippen molar-refractivity contribution < 1.29 is 13.6 Å². The van der Waals surface area contributed by atoms with Gasteiger partial charge in [0.1, 0.15) is 5.84 Å². The van der Waals surface area contributed by atoms with Crippen LogP contribution in [0.2, 0.25) is 0 Å². The molecule has 0 spiro atoms. The Morgan fingerprint density at radius 3 is 2.56 bits per heavy atom. The van der Waals surface area contributed by atoms with Crippen molar-refractivity contribution in [1.82, 2.24) is 9.03 Å². The molecule has 0 unspecified atom stereocenters. The van der Waals surface area contributed by atoms with Crippen LogP contribution in [0, 0.1) is 5.92 Å². The molecule has 0 aliphatic carbocycles. The minimum absolute atomic E-state index is 0.0226. The van der Waals surface area contributed by atoms with Crippen LogP contribution in [0.25, 0.3) is 0 Å². The van der Waals surface area contributed by atoms with Gasteiger partial charge in [0.25, 0.3) is 10.2 Å². The highest BCUT2D eigenvalue weighted by molar-refractivity contribution is 7.87. The van der Waals surface area contributed by atoms with Crippen molar-refractivity contribution in [3.05, 3.63) is 0 Å². The molecule has 0 aromatic heterocycles. The van der Waals surface area contributed by atoms with E-state index >= 15 is 0 Å². The smallest absolute Gasteiger partial charge is 0.279 e. The number of hydrogen-bond acceptors (Lipinski definition) is 4. The van der Waals surface area contributed by atoms with E-state index in [9.17, 15) is 8.42 Å². The van der Waals surface area contributed by atoms with Crippen molar-refractivity contribution in [2.24, 2.45) is 16.8 Å². The zero-order chi connectivity index (χ0) is 14.2. The SMILES string of the molecule is CCCNS(=O)(=O)N(CCC(N)=NO)CC(C)C. The largest absolute Gasteiger partial charge is 0.409 e. The van der Waals surface area contributed by atoms with Gasteiger partial charge in [-0.05, 0) is 12.3 Å². The maximum atomic E-state index is 12.0. The van der Waals surface area contributed by atoms with Crippen LogP contribution in [-0.4, -0.2) is 43.4 Å². The molecule has 0 saturated heterocycles. The molecule has 0 aliphatic heterocycles. The van der Waals surface area contributed by atoms with Gasteiger partial charge in [0.15, 0.2) is 0 Å². The van der Waals surface area contributed by atoms with Crippen molar-refractivity contribution in [1.29, 1.82) is 0 Å². The zero-order valence-corrected chi connectivity index (χ0v) is 12.1. The minimum atomic E-state index is -3.49. The van der Waals surface area contributed by atoms with E-state index < -0.39 is 10.2 Å². The summed E-state index contributed by atoms with van der Waals surface area (Å²) in [5.41, 5.74) is 5.35. The molecule has 4 N–H and O–H groups in total. The first-order chi connectivity index (χ1) is 8.33. The second-order valence-electron chi connectivity index (χ2n) is 4.49. The predicted octanol–water partition coefficient (Wildman–Crippen LogP) is 0.325. The molecular weight excluding hydrogens is 256 g/mol. The first kappa shape index (κ1) is 17.1. The molecule has 0 atom stereocenters. The van der Waals surface area contributed by atoms with Crippen molar-refractivity contribution >= 4 is 16.0 Å². The Morgan fingerprint density at radius 2 is 2.11 bits per heavy atom. The number of oxime groups is 1. The number of nitrogens with one attached hydrogen (secondary N) is 1. The third-order valence-corrected chi connectivity index (χ3v) is 3.77. The number of rotatable bonds is 9. The summed E-state index contributed by atoms with van der Waals surface area (Å²) in [5.74, 6) is 0.227. The Morgan fingerprint density at radius 1 is 1.50 bits per heavy atom. The van der Waals surface area contributed by atoms with Crippen LogP contribution >= 0.6 is 0 Å². The van der Waals surface area contributed by atoms with Gasteiger partial charge in [-0.1, -0.05) is 25.9 Å². The topological polar surface area (TPSA) is 108 Å². The minimum Gasteiger partial charge on any atom is -0.409 e. The number of hydrogen-bond donors (Lipinski definition) is 3. The van der Waals surface area contributed by atoms with E-state index in [1.807, 2.05) is 20.8 Å². The van der Waals surface area contributed by atoms with Crippen LogP contribution in [-0.2, 0) is 10.2 Å². The molecule has 0 aromatic rings. The quantitative estimate of drug-likeness (QED) is 0.245. The third kappa shape index (κ3) is 6.77. The molecule has 108 valence electrons.